The Morgan fingerprint density at radius 3 is 2.17 bits per heavy atom. The molecule has 0 saturated carbocycles. The first-order chi connectivity index (χ1) is 14.3. The molecular formula is C21H19F3N4O2. The highest BCUT2D eigenvalue weighted by molar-refractivity contribution is 5.73. The zero-order valence-electron chi connectivity index (χ0n) is 15.8. The van der Waals surface area contributed by atoms with Crippen molar-refractivity contribution in [1.29, 1.82) is 5.41 Å². The number of nitrogens with zero attached hydrogens (tertiary/aromatic N) is 3. The molecule has 9 heteroatoms. The molecule has 0 saturated heterocycles. The fourth-order valence-corrected chi connectivity index (χ4v) is 3.01. The molecule has 4 rings (SSSR count). The molecule has 156 valence electrons. The molecular weight excluding hydrogens is 397 g/mol. The predicted octanol–water partition coefficient (Wildman–Crippen LogP) is 3.68. The average Bonchev–Trinajstić information content (AvgIpc) is 3.12. The van der Waals surface area contributed by atoms with E-state index >= 15 is 0 Å². The third kappa shape index (κ3) is 5.05. The van der Waals surface area contributed by atoms with Crippen molar-refractivity contribution in [2.75, 3.05) is 11.4 Å². The van der Waals surface area contributed by atoms with Gasteiger partial charge in [0.15, 0.2) is 0 Å². The van der Waals surface area contributed by atoms with Gasteiger partial charge in [-0.15, -0.1) is 0 Å². The van der Waals surface area contributed by atoms with Gasteiger partial charge in [0.2, 0.25) is 5.95 Å². The van der Waals surface area contributed by atoms with Crippen LogP contribution in [0.2, 0.25) is 0 Å². The number of hydrogen-bond donors (Lipinski definition) is 2. The highest BCUT2D eigenvalue weighted by Crippen LogP contribution is 2.23. The number of nitrogens with one attached hydrogen (secondary N) is 1. The van der Waals surface area contributed by atoms with Crippen LogP contribution in [0.3, 0.4) is 0 Å². The fraction of sp³-hybridized carbons (Fsp3) is 0.190. The Bertz CT molecular complexity index is 1070. The van der Waals surface area contributed by atoms with Gasteiger partial charge in [-0.05, 0) is 5.56 Å². The van der Waals surface area contributed by atoms with Crippen LogP contribution in [-0.4, -0.2) is 33.3 Å². The zero-order chi connectivity index (χ0) is 21.7. The first-order valence-electron chi connectivity index (χ1n) is 9.06. The van der Waals surface area contributed by atoms with E-state index < -0.39 is 12.1 Å². The largest absolute Gasteiger partial charge is 0.490 e. The molecule has 0 amide bonds. The van der Waals surface area contributed by atoms with Crippen LogP contribution in [0.5, 0.6) is 0 Å². The second-order valence-corrected chi connectivity index (χ2v) is 6.55. The summed E-state index contributed by atoms with van der Waals surface area (Å²) in [5.74, 6) is -1.87. The SMILES string of the molecule is N=c1cc(-c2ccccc2)nc2n1CCN2Cc1ccccc1.O=C(O)C(F)(F)F. The fourth-order valence-electron chi connectivity index (χ4n) is 3.01. The number of carboxylic acids is 1. The third-order valence-corrected chi connectivity index (χ3v) is 4.43. The first-order valence-corrected chi connectivity index (χ1v) is 9.06. The Morgan fingerprint density at radius 2 is 1.60 bits per heavy atom. The van der Waals surface area contributed by atoms with E-state index in [1.54, 1.807) is 0 Å². The second kappa shape index (κ2) is 8.81. The van der Waals surface area contributed by atoms with Crippen LogP contribution in [0.15, 0.2) is 66.7 Å². The lowest BCUT2D eigenvalue weighted by molar-refractivity contribution is -0.192. The van der Waals surface area contributed by atoms with Gasteiger partial charge in [0.05, 0.1) is 5.69 Å². The van der Waals surface area contributed by atoms with Crippen LogP contribution < -0.4 is 10.4 Å². The maximum absolute atomic E-state index is 10.6. The highest BCUT2D eigenvalue weighted by atomic mass is 19.4. The van der Waals surface area contributed by atoms with Crippen LogP contribution >= 0.6 is 0 Å². The summed E-state index contributed by atoms with van der Waals surface area (Å²) in [5, 5.41) is 15.4. The van der Waals surface area contributed by atoms with Gasteiger partial charge in [-0.25, -0.2) is 9.78 Å². The lowest BCUT2D eigenvalue weighted by atomic mass is 10.1. The number of aromatic nitrogens is 2. The molecule has 2 heterocycles. The lowest BCUT2D eigenvalue weighted by Crippen LogP contribution is -2.22. The molecule has 2 aromatic carbocycles. The summed E-state index contributed by atoms with van der Waals surface area (Å²) in [6.45, 7) is 2.54. The minimum atomic E-state index is -5.08. The number of alkyl halides is 3. The van der Waals surface area contributed by atoms with Gasteiger partial charge in [-0.2, -0.15) is 13.2 Å². The lowest BCUT2D eigenvalue weighted by Gasteiger charge is -2.18. The maximum Gasteiger partial charge on any atom is 0.490 e. The van der Waals surface area contributed by atoms with E-state index in [0.29, 0.717) is 5.49 Å². The molecule has 0 fully saturated rings. The van der Waals surface area contributed by atoms with Crippen LogP contribution in [0, 0.1) is 5.41 Å². The number of anilines is 1. The molecule has 1 aromatic heterocycles. The summed E-state index contributed by atoms with van der Waals surface area (Å²) >= 11 is 0. The molecule has 0 unspecified atom stereocenters. The highest BCUT2D eigenvalue weighted by Gasteiger charge is 2.38. The molecule has 0 spiro atoms. The predicted molar refractivity (Wildman–Crippen MR) is 105 cm³/mol. The Hall–Kier alpha value is -3.62. The second-order valence-electron chi connectivity index (χ2n) is 6.55. The Labute approximate surface area is 170 Å². The van der Waals surface area contributed by atoms with Gasteiger partial charge in [-0.3, -0.25) is 9.98 Å². The van der Waals surface area contributed by atoms with E-state index in [0.717, 1.165) is 36.8 Å². The monoisotopic (exact) mass is 416 g/mol. The molecule has 1 aliphatic heterocycles. The number of carbonyl (C=O) groups is 1. The summed E-state index contributed by atoms with van der Waals surface area (Å²) in [6, 6.07) is 22.3. The molecule has 1 aliphatic rings. The normalized spacial score (nSPS) is 12.7. The van der Waals surface area contributed by atoms with E-state index in [4.69, 9.17) is 20.3 Å². The average molecular weight is 416 g/mol. The van der Waals surface area contributed by atoms with Crippen molar-refractivity contribution < 1.29 is 23.1 Å². The summed E-state index contributed by atoms with van der Waals surface area (Å²) < 4.78 is 33.7. The van der Waals surface area contributed by atoms with E-state index in [9.17, 15) is 13.2 Å². The van der Waals surface area contributed by atoms with Crippen molar-refractivity contribution in [3.63, 3.8) is 0 Å². The Balaban J connectivity index is 0.000000318. The van der Waals surface area contributed by atoms with Crippen molar-refractivity contribution in [2.24, 2.45) is 0 Å². The van der Waals surface area contributed by atoms with E-state index in [2.05, 4.69) is 29.2 Å². The van der Waals surface area contributed by atoms with Crippen LogP contribution in [0.4, 0.5) is 19.1 Å². The number of fused-ring (bicyclic) bond motifs is 1. The quantitative estimate of drug-likeness (QED) is 0.683. The standard InChI is InChI=1S/C19H18N4.C2HF3O2/c20-18-13-17(16-9-5-2-6-10-16)21-19-22(11-12-23(18)19)14-15-7-3-1-4-8-15;3-2(4,5)1(6)7/h1-10,13,20H,11-12,14H2;(H,6,7). The molecule has 30 heavy (non-hydrogen) atoms. The van der Waals surface area contributed by atoms with E-state index in [1.165, 1.54) is 5.56 Å². The number of benzene rings is 2. The molecule has 6 nitrogen and oxygen atoms in total. The number of halogens is 3. The summed E-state index contributed by atoms with van der Waals surface area (Å²) in [7, 11) is 0. The summed E-state index contributed by atoms with van der Waals surface area (Å²) in [5.41, 5.74) is 3.70. The van der Waals surface area contributed by atoms with Crippen molar-refractivity contribution in [2.45, 2.75) is 19.3 Å². The number of aliphatic carboxylic acids is 1. The maximum atomic E-state index is 10.6. The van der Waals surface area contributed by atoms with Gasteiger partial charge in [0.25, 0.3) is 0 Å². The molecule has 0 aliphatic carbocycles. The third-order valence-electron chi connectivity index (χ3n) is 4.43. The van der Waals surface area contributed by atoms with Crippen LogP contribution in [-0.2, 0) is 17.9 Å². The van der Waals surface area contributed by atoms with Crippen LogP contribution in [0.1, 0.15) is 5.56 Å². The topological polar surface area (TPSA) is 82.2 Å². The van der Waals surface area contributed by atoms with Crippen LogP contribution in [0.25, 0.3) is 11.3 Å². The van der Waals surface area contributed by atoms with Gasteiger partial charge >= 0.3 is 12.1 Å². The minimum absolute atomic E-state index is 0.518. The van der Waals surface area contributed by atoms with Gasteiger partial charge in [0, 0.05) is 31.3 Å². The van der Waals surface area contributed by atoms with Crippen molar-refractivity contribution >= 4 is 11.9 Å². The molecule has 3 aromatic rings. The van der Waals surface area contributed by atoms with Gasteiger partial charge in [0.1, 0.15) is 5.49 Å². The summed E-state index contributed by atoms with van der Waals surface area (Å²) in [6.07, 6.45) is -5.08. The van der Waals surface area contributed by atoms with Crippen molar-refractivity contribution in [1.82, 2.24) is 9.55 Å². The number of rotatable bonds is 3. The summed E-state index contributed by atoms with van der Waals surface area (Å²) in [4.78, 5) is 16.0. The molecule has 0 bridgehead atoms. The number of carboxylic acid groups (broad SMARTS) is 1. The van der Waals surface area contributed by atoms with E-state index in [1.807, 2.05) is 47.0 Å². The van der Waals surface area contributed by atoms with E-state index in [-0.39, 0.29) is 0 Å². The Kier molecular flexibility index (Phi) is 6.20. The van der Waals surface area contributed by atoms with Crippen molar-refractivity contribution in [3.8, 4) is 11.3 Å². The molecule has 0 atom stereocenters. The van der Waals surface area contributed by atoms with Crippen molar-refractivity contribution in [3.05, 3.63) is 77.8 Å². The Morgan fingerprint density at radius 1 is 1.03 bits per heavy atom. The van der Waals surface area contributed by atoms with Gasteiger partial charge in [-0.1, -0.05) is 60.7 Å². The molecule has 0 radical (unpaired) electrons. The van der Waals surface area contributed by atoms with Gasteiger partial charge < -0.3 is 10.0 Å². The first kappa shape index (κ1) is 21.1. The minimum Gasteiger partial charge on any atom is -0.475 e. The number of hydrogen-bond acceptors (Lipinski definition) is 4. The molecule has 2 N–H and O–H groups in total. The zero-order valence-corrected chi connectivity index (χ0v) is 15.8. The smallest absolute Gasteiger partial charge is 0.475 e.